The van der Waals surface area contributed by atoms with Gasteiger partial charge >= 0.3 is 0 Å². The largest absolute Gasteiger partial charge is 0.454 e. The standard InChI is InChI=1S/C12H13FN4O/c13-11-7-9(15)1-2-12(11)18-10-3-5-17(6-4-10)16-8-14/h1-5,7-8H,6,15H2,(H2,14,16). The molecular formula is C12H13FN4O. The molecular weight excluding hydrogens is 235 g/mol. The molecule has 0 bridgehead atoms. The third-order valence-electron chi connectivity index (χ3n) is 2.29. The minimum atomic E-state index is -0.494. The summed E-state index contributed by atoms with van der Waals surface area (Å²) in [7, 11) is 0. The van der Waals surface area contributed by atoms with Gasteiger partial charge in [-0.15, -0.1) is 0 Å². The predicted molar refractivity (Wildman–Crippen MR) is 68.0 cm³/mol. The van der Waals surface area contributed by atoms with Crippen molar-refractivity contribution in [1.29, 1.82) is 0 Å². The van der Waals surface area contributed by atoms with Gasteiger partial charge in [0.05, 0.1) is 6.54 Å². The highest BCUT2D eigenvalue weighted by molar-refractivity contribution is 5.50. The van der Waals surface area contributed by atoms with E-state index in [4.69, 9.17) is 16.2 Å². The van der Waals surface area contributed by atoms with Crippen LogP contribution in [0.1, 0.15) is 0 Å². The maximum Gasteiger partial charge on any atom is 0.167 e. The van der Waals surface area contributed by atoms with E-state index in [-0.39, 0.29) is 5.75 Å². The normalized spacial score (nSPS) is 14.9. The summed E-state index contributed by atoms with van der Waals surface area (Å²) in [4.78, 5) is 0. The van der Waals surface area contributed by atoms with Gasteiger partial charge < -0.3 is 16.2 Å². The van der Waals surface area contributed by atoms with Gasteiger partial charge in [-0.2, -0.15) is 5.10 Å². The number of hydrogen-bond acceptors (Lipinski definition) is 4. The van der Waals surface area contributed by atoms with E-state index in [1.807, 2.05) is 0 Å². The third kappa shape index (κ3) is 2.79. The van der Waals surface area contributed by atoms with E-state index in [9.17, 15) is 4.39 Å². The minimum absolute atomic E-state index is 0.135. The Hall–Kier alpha value is -2.50. The second kappa shape index (κ2) is 5.22. The smallest absolute Gasteiger partial charge is 0.167 e. The number of ether oxygens (including phenoxy) is 1. The highest BCUT2D eigenvalue weighted by atomic mass is 19.1. The van der Waals surface area contributed by atoms with Gasteiger partial charge in [-0.1, -0.05) is 0 Å². The van der Waals surface area contributed by atoms with Crippen LogP contribution in [0.2, 0.25) is 0 Å². The van der Waals surface area contributed by atoms with Crippen molar-refractivity contribution in [2.45, 2.75) is 0 Å². The Labute approximate surface area is 104 Å². The van der Waals surface area contributed by atoms with Crippen molar-refractivity contribution >= 4 is 12.0 Å². The zero-order valence-electron chi connectivity index (χ0n) is 9.58. The van der Waals surface area contributed by atoms with Gasteiger partial charge in [0, 0.05) is 18.0 Å². The van der Waals surface area contributed by atoms with Crippen molar-refractivity contribution in [1.82, 2.24) is 5.01 Å². The summed E-state index contributed by atoms with van der Waals surface area (Å²) in [5.41, 5.74) is 11.0. The van der Waals surface area contributed by atoms with Crippen LogP contribution in [0.5, 0.6) is 5.75 Å². The zero-order chi connectivity index (χ0) is 13.0. The summed E-state index contributed by atoms with van der Waals surface area (Å²) in [6, 6.07) is 4.29. The number of hydrazone groups is 1. The molecule has 1 aromatic carbocycles. The van der Waals surface area contributed by atoms with Crippen molar-refractivity contribution in [2.24, 2.45) is 10.8 Å². The third-order valence-corrected chi connectivity index (χ3v) is 2.29. The lowest BCUT2D eigenvalue weighted by molar-refractivity contribution is 0.380. The molecule has 0 fully saturated rings. The molecule has 2 rings (SSSR count). The monoisotopic (exact) mass is 248 g/mol. The highest BCUT2D eigenvalue weighted by Gasteiger charge is 2.08. The van der Waals surface area contributed by atoms with Crippen molar-refractivity contribution in [3.05, 3.63) is 48.1 Å². The number of hydrogen-bond donors (Lipinski definition) is 2. The molecule has 0 spiro atoms. The number of halogens is 1. The Kier molecular flexibility index (Phi) is 3.47. The molecule has 1 aliphatic rings. The van der Waals surface area contributed by atoms with Crippen molar-refractivity contribution in [3.8, 4) is 5.75 Å². The fraction of sp³-hybridized carbons (Fsp3) is 0.0833. The molecule has 1 aromatic rings. The number of nitrogens with two attached hydrogens (primary N) is 2. The van der Waals surface area contributed by atoms with Gasteiger partial charge in [-0.05, 0) is 24.3 Å². The molecule has 0 aromatic heterocycles. The maximum absolute atomic E-state index is 13.5. The molecule has 6 heteroatoms. The van der Waals surface area contributed by atoms with Gasteiger partial charge in [0.15, 0.2) is 11.6 Å². The van der Waals surface area contributed by atoms with E-state index in [1.165, 1.54) is 18.5 Å². The second-order valence-electron chi connectivity index (χ2n) is 3.60. The first-order valence-corrected chi connectivity index (χ1v) is 5.31. The second-order valence-corrected chi connectivity index (χ2v) is 3.60. The van der Waals surface area contributed by atoms with Crippen LogP contribution in [-0.2, 0) is 0 Å². The Morgan fingerprint density at radius 1 is 1.44 bits per heavy atom. The average molecular weight is 248 g/mol. The van der Waals surface area contributed by atoms with Crippen LogP contribution >= 0.6 is 0 Å². The first kappa shape index (κ1) is 12.0. The molecule has 94 valence electrons. The van der Waals surface area contributed by atoms with Crippen LogP contribution in [0.4, 0.5) is 10.1 Å². The molecule has 18 heavy (non-hydrogen) atoms. The fourth-order valence-electron chi connectivity index (χ4n) is 1.45. The van der Waals surface area contributed by atoms with Crippen molar-refractivity contribution in [3.63, 3.8) is 0 Å². The molecule has 0 atom stereocenters. The molecule has 4 N–H and O–H groups in total. The first-order chi connectivity index (χ1) is 8.69. The summed E-state index contributed by atoms with van der Waals surface area (Å²) in [6.07, 6.45) is 6.33. The summed E-state index contributed by atoms with van der Waals surface area (Å²) in [5, 5.41) is 5.48. The van der Waals surface area contributed by atoms with Crippen molar-refractivity contribution < 1.29 is 9.13 Å². The van der Waals surface area contributed by atoms with Crippen LogP contribution in [0.3, 0.4) is 0 Å². The fourth-order valence-corrected chi connectivity index (χ4v) is 1.45. The van der Waals surface area contributed by atoms with E-state index in [2.05, 4.69) is 5.10 Å². The molecule has 0 saturated carbocycles. The Morgan fingerprint density at radius 3 is 2.89 bits per heavy atom. The van der Waals surface area contributed by atoms with Gasteiger partial charge in [0.1, 0.15) is 12.1 Å². The number of rotatable bonds is 3. The molecule has 0 saturated heterocycles. The lowest BCUT2D eigenvalue weighted by atomic mass is 10.3. The minimum Gasteiger partial charge on any atom is -0.454 e. The summed E-state index contributed by atoms with van der Waals surface area (Å²) in [6.45, 7) is 0.510. The Morgan fingerprint density at radius 2 is 2.28 bits per heavy atom. The van der Waals surface area contributed by atoms with Gasteiger partial charge in [-0.25, -0.2) is 4.39 Å². The Balaban J connectivity index is 2.05. The van der Waals surface area contributed by atoms with Gasteiger partial charge in [0.2, 0.25) is 0 Å². The Bertz CT molecular complexity index is 525. The zero-order valence-corrected chi connectivity index (χ0v) is 9.58. The lowest BCUT2D eigenvalue weighted by Crippen LogP contribution is -2.16. The number of benzene rings is 1. The highest BCUT2D eigenvalue weighted by Crippen LogP contribution is 2.22. The molecule has 0 amide bonds. The molecule has 0 unspecified atom stereocenters. The molecule has 0 aliphatic carbocycles. The van der Waals surface area contributed by atoms with Crippen LogP contribution in [0.25, 0.3) is 0 Å². The first-order valence-electron chi connectivity index (χ1n) is 5.31. The maximum atomic E-state index is 13.5. The topological polar surface area (TPSA) is 76.9 Å². The number of allylic oxidation sites excluding steroid dienone is 1. The van der Waals surface area contributed by atoms with Gasteiger partial charge in [-0.3, -0.25) is 5.01 Å². The molecule has 0 radical (unpaired) electrons. The summed E-state index contributed by atoms with van der Waals surface area (Å²) >= 11 is 0. The van der Waals surface area contributed by atoms with Crippen molar-refractivity contribution in [2.75, 3.05) is 12.3 Å². The van der Waals surface area contributed by atoms with Crippen LogP contribution in [-0.4, -0.2) is 17.9 Å². The summed E-state index contributed by atoms with van der Waals surface area (Å²) in [5.74, 6) is 0.185. The molecule has 5 nitrogen and oxygen atoms in total. The number of nitrogen functional groups attached to an aromatic ring is 1. The van der Waals surface area contributed by atoms with E-state index in [0.29, 0.717) is 18.0 Å². The van der Waals surface area contributed by atoms with Crippen LogP contribution < -0.4 is 16.2 Å². The average Bonchev–Trinajstić information content (AvgIpc) is 2.35. The van der Waals surface area contributed by atoms with Gasteiger partial charge in [0.25, 0.3) is 0 Å². The van der Waals surface area contributed by atoms with Crippen LogP contribution in [0, 0.1) is 5.82 Å². The molecule has 1 aliphatic heterocycles. The number of anilines is 1. The van der Waals surface area contributed by atoms with E-state index in [0.717, 1.165) is 0 Å². The summed E-state index contributed by atoms with van der Waals surface area (Å²) < 4.78 is 18.9. The SMILES string of the molecule is N/C=N\N1C=CC(Oc2ccc(N)cc2F)=CC1. The molecule has 1 heterocycles. The number of nitrogens with zero attached hydrogens (tertiary/aromatic N) is 2. The lowest BCUT2D eigenvalue weighted by Gasteiger charge is -2.17. The van der Waals surface area contributed by atoms with Crippen LogP contribution in [0.15, 0.2) is 47.4 Å². The van der Waals surface area contributed by atoms with E-state index in [1.54, 1.807) is 29.4 Å². The van der Waals surface area contributed by atoms with E-state index >= 15 is 0 Å². The predicted octanol–water partition coefficient (Wildman–Crippen LogP) is 1.40. The quantitative estimate of drug-likeness (QED) is 0.481. The van der Waals surface area contributed by atoms with E-state index < -0.39 is 5.82 Å².